The van der Waals surface area contributed by atoms with Crippen LogP contribution < -0.4 is 0 Å². The Morgan fingerprint density at radius 2 is 2.27 bits per heavy atom. The van der Waals surface area contributed by atoms with Crippen molar-refractivity contribution >= 4 is 15.9 Å². The van der Waals surface area contributed by atoms with Crippen LogP contribution in [-0.2, 0) is 0 Å². The summed E-state index contributed by atoms with van der Waals surface area (Å²) in [6.07, 6.45) is -0.301. The minimum Gasteiger partial charge on any atom is -0.466 e. The van der Waals surface area contributed by atoms with Gasteiger partial charge in [0, 0.05) is 5.33 Å². The summed E-state index contributed by atoms with van der Waals surface area (Å²) < 4.78 is 4.89. The van der Waals surface area contributed by atoms with Gasteiger partial charge in [-0.15, -0.1) is 0 Å². The van der Waals surface area contributed by atoms with Crippen molar-refractivity contribution < 1.29 is 14.6 Å². The van der Waals surface area contributed by atoms with Gasteiger partial charge < -0.3 is 14.6 Å². The first kappa shape index (κ1) is 8.77. The number of aliphatic hydroxyl groups excluding tert-OH is 2. The van der Waals surface area contributed by atoms with Crippen LogP contribution in [0, 0.1) is 0 Å². The predicted octanol–water partition coefficient (Wildman–Crippen LogP) is 1.07. The fraction of sp³-hybridized carbons (Fsp3) is 0.429. The molecule has 62 valence electrons. The van der Waals surface area contributed by atoms with E-state index in [0.717, 1.165) is 0 Å². The van der Waals surface area contributed by atoms with E-state index in [1.807, 2.05) is 0 Å². The highest BCUT2D eigenvalue weighted by atomic mass is 79.9. The molecule has 2 unspecified atom stereocenters. The number of hydrogen-bond acceptors (Lipinski definition) is 3. The Kier molecular flexibility index (Phi) is 3.11. The van der Waals surface area contributed by atoms with Crippen molar-refractivity contribution in [2.24, 2.45) is 0 Å². The van der Waals surface area contributed by atoms with Gasteiger partial charge in [0.1, 0.15) is 11.9 Å². The van der Waals surface area contributed by atoms with Crippen LogP contribution in [0.4, 0.5) is 0 Å². The SMILES string of the molecule is OC(CBr)C(O)c1ccco1. The van der Waals surface area contributed by atoms with Gasteiger partial charge in [0.2, 0.25) is 0 Å². The van der Waals surface area contributed by atoms with Crippen LogP contribution >= 0.6 is 15.9 Å². The van der Waals surface area contributed by atoms with Crippen LogP contribution in [-0.4, -0.2) is 21.6 Å². The number of aliphatic hydroxyl groups is 2. The molecule has 0 radical (unpaired) electrons. The smallest absolute Gasteiger partial charge is 0.138 e. The highest BCUT2D eigenvalue weighted by Gasteiger charge is 2.18. The third-order valence-electron chi connectivity index (χ3n) is 1.36. The first-order chi connectivity index (χ1) is 5.25. The second kappa shape index (κ2) is 3.90. The molecule has 1 aromatic rings. The van der Waals surface area contributed by atoms with Gasteiger partial charge in [0.05, 0.1) is 12.4 Å². The second-order valence-corrected chi connectivity index (χ2v) is 2.83. The maximum absolute atomic E-state index is 9.30. The van der Waals surface area contributed by atoms with E-state index < -0.39 is 12.2 Å². The molecule has 1 heterocycles. The molecule has 1 rings (SSSR count). The molecule has 0 aromatic carbocycles. The monoisotopic (exact) mass is 220 g/mol. The molecule has 0 aliphatic heterocycles. The Hall–Kier alpha value is -0.320. The second-order valence-electron chi connectivity index (χ2n) is 2.18. The first-order valence-electron chi connectivity index (χ1n) is 3.21. The van der Waals surface area contributed by atoms with E-state index in [9.17, 15) is 5.11 Å². The van der Waals surface area contributed by atoms with Gasteiger partial charge in [-0.1, -0.05) is 15.9 Å². The summed E-state index contributed by atoms with van der Waals surface area (Å²) in [5, 5.41) is 18.8. The maximum Gasteiger partial charge on any atom is 0.138 e. The fourth-order valence-electron chi connectivity index (χ4n) is 0.734. The zero-order chi connectivity index (χ0) is 8.27. The fourth-order valence-corrected chi connectivity index (χ4v) is 1.09. The largest absolute Gasteiger partial charge is 0.466 e. The zero-order valence-corrected chi connectivity index (χ0v) is 7.36. The number of rotatable bonds is 3. The van der Waals surface area contributed by atoms with Gasteiger partial charge in [-0.25, -0.2) is 0 Å². The van der Waals surface area contributed by atoms with E-state index in [1.54, 1.807) is 12.1 Å². The van der Waals surface area contributed by atoms with Crippen LogP contribution in [0.1, 0.15) is 11.9 Å². The minimum absolute atomic E-state index is 0.328. The average Bonchev–Trinajstić information content (AvgIpc) is 2.53. The molecular formula is C7H9BrO3. The van der Waals surface area contributed by atoms with Crippen molar-refractivity contribution in [2.45, 2.75) is 12.2 Å². The Balaban J connectivity index is 2.62. The number of halogens is 1. The van der Waals surface area contributed by atoms with Crippen molar-refractivity contribution in [1.29, 1.82) is 0 Å². The van der Waals surface area contributed by atoms with E-state index in [2.05, 4.69) is 15.9 Å². The molecule has 0 aliphatic rings. The summed E-state index contributed by atoms with van der Waals surface area (Å²) >= 11 is 3.05. The molecule has 1 aromatic heterocycles. The van der Waals surface area contributed by atoms with Crippen LogP contribution in [0.25, 0.3) is 0 Å². The molecule has 2 atom stereocenters. The van der Waals surface area contributed by atoms with Gasteiger partial charge in [0.15, 0.2) is 0 Å². The Bertz CT molecular complexity index is 197. The van der Waals surface area contributed by atoms with Crippen LogP contribution in [0.5, 0.6) is 0 Å². The number of hydrogen-bond donors (Lipinski definition) is 2. The molecule has 0 bridgehead atoms. The summed E-state index contributed by atoms with van der Waals surface area (Å²) in [5.74, 6) is 0.386. The Morgan fingerprint density at radius 3 is 2.73 bits per heavy atom. The normalized spacial score (nSPS) is 16.3. The minimum atomic E-state index is -0.940. The van der Waals surface area contributed by atoms with Crippen molar-refractivity contribution in [3.63, 3.8) is 0 Å². The van der Waals surface area contributed by atoms with E-state index in [1.165, 1.54) is 6.26 Å². The molecule has 4 heteroatoms. The van der Waals surface area contributed by atoms with E-state index >= 15 is 0 Å². The molecule has 0 saturated carbocycles. The summed E-state index contributed by atoms with van der Waals surface area (Å²) in [6, 6.07) is 3.29. The Labute approximate surface area is 72.8 Å². The summed E-state index contributed by atoms with van der Waals surface area (Å²) in [5.41, 5.74) is 0. The van der Waals surface area contributed by atoms with Crippen LogP contribution in [0.15, 0.2) is 22.8 Å². The summed E-state index contributed by atoms with van der Waals surface area (Å²) in [6.45, 7) is 0. The lowest BCUT2D eigenvalue weighted by Crippen LogP contribution is -2.18. The van der Waals surface area contributed by atoms with Gasteiger partial charge in [-0.2, -0.15) is 0 Å². The molecular weight excluding hydrogens is 212 g/mol. The predicted molar refractivity (Wildman–Crippen MR) is 43.5 cm³/mol. The lowest BCUT2D eigenvalue weighted by molar-refractivity contribution is 0.0204. The van der Waals surface area contributed by atoms with E-state index in [4.69, 9.17) is 9.52 Å². The molecule has 0 spiro atoms. The molecule has 0 fully saturated rings. The number of furan rings is 1. The third-order valence-corrected chi connectivity index (χ3v) is 2.02. The first-order valence-corrected chi connectivity index (χ1v) is 4.33. The third kappa shape index (κ3) is 2.05. The summed E-state index contributed by atoms with van der Waals surface area (Å²) in [7, 11) is 0. The van der Waals surface area contributed by atoms with Gasteiger partial charge in [-0.05, 0) is 12.1 Å². The molecule has 0 amide bonds. The highest BCUT2D eigenvalue weighted by molar-refractivity contribution is 9.09. The zero-order valence-electron chi connectivity index (χ0n) is 5.77. The van der Waals surface area contributed by atoms with E-state index in [0.29, 0.717) is 11.1 Å². The average molecular weight is 221 g/mol. The van der Waals surface area contributed by atoms with Gasteiger partial charge >= 0.3 is 0 Å². The molecule has 0 saturated heterocycles. The molecule has 11 heavy (non-hydrogen) atoms. The topological polar surface area (TPSA) is 53.6 Å². The van der Waals surface area contributed by atoms with Crippen molar-refractivity contribution in [2.75, 3.05) is 5.33 Å². The summed E-state index contributed by atoms with van der Waals surface area (Å²) in [4.78, 5) is 0. The standard InChI is InChI=1S/C7H9BrO3/c8-4-5(9)7(10)6-2-1-3-11-6/h1-3,5,7,9-10H,4H2. The number of alkyl halides is 1. The van der Waals surface area contributed by atoms with Gasteiger partial charge in [0.25, 0.3) is 0 Å². The Morgan fingerprint density at radius 1 is 1.55 bits per heavy atom. The molecule has 3 nitrogen and oxygen atoms in total. The van der Waals surface area contributed by atoms with Gasteiger partial charge in [-0.3, -0.25) is 0 Å². The van der Waals surface area contributed by atoms with Crippen LogP contribution in [0.3, 0.4) is 0 Å². The lowest BCUT2D eigenvalue weighted by Gasteiger charge is -2.11. The van der Waals surface area contributed by atoms with Crippen molar-refractivity contribution in [1.82, 2.24) is 0 Å². The quantitative estimate of drug-likeness (QED) is 0.750. The lowest BCUT2D eigenvalue weighted by atomic mass is 10.2. The van der Waals surface area contributed by atoms with Crippen LogP contribution in [0.2, 0.25) is 0 Å². The van der Waals surface area contributed by atoms with Crippen molar-refractivity contribution in [3.8, 4) is 0 Å². The van der Waals surface area contributed by atoms with E-state index in [-0.39, 0.29) is 0 Å². The highest BCUT2D eigenvalue weighted by Crippen LogP contribution is 2.17. The molecule has 2 N–H and O–H groups in total. The molecule has 0 aliphatic carbocycles. The van der Waals surface area contributed by atoms with Crippen molar-refractivity contribution in [3.05, 3.63) is 24.2 Å². The maximum atomic E-state index is 9.30.